The number of carbonyl (C=O) groups excluding carboxylic acids is 1. The minimum absolute atomic E-state index is 0.142. The lowest BCUT2D eigenvalue weighted by atomic mass is 10.2. The van der Waals surface area contributed by atoms with E-state index in [1.807, 2.05) is 38.1 Å². The average Bonchev–Trinajstić information content (AvgIpc) is 2.49. The SMILES string of the molecule is CCOc1ccc(CN(C)C(=O)c2cnc(C)cn2)cc1. The molecule has 2 aromatic rings. The summed E-state index contributed by atoms with van der Waals surface area (Å²) in [5, 5.41) is 0. The third kappa shape index (κ3) is 4.02. The molecule has 1 aromatic carbocycles. The van der Waals surface area contributed by atoms with Crippen LogP contribution in [0.25, 0.3) is 0 Å². The molecular weight excluding hydrogens is 266 g/mol. The van der Waals surface area contributed by atoms with Gasteiger partial charge in [0.25, 0.3) is 5.91 Å². The van der Waals surface area contributed by atoms with Crippen LogP contribution in [0.4, 0.5) is 0 Å². The fourth-order valence-electron chi connectivity index (χ4n) is 1.90. The molecule has 0 aliphatic heterocycles. The molecule has 0 fully saturated rings. The number of carbonyl (C=O) groups is 1. The zero-order valence-electron chi connectivity index (χ0n) is 12.5. The van der Waals surface area contributed by atoms with Crippen molar-refractivity contribution >= 4 is 5.91 Å². The van der Waals surface area contributed by atoms with Crippen LogP contribution in [0.15, 0.2) is 36.7 Å². The fourth-order valence-corrected chi connectivity index (χ4v) is 1.90. The molecule has 0 saturated carbocycles. The molecular formula is C16H19N3O2. The third-order valence-corrected chi connectivity index (χ3v) is 3.00. The van der Waals surface area contributed by atoms with Gasteiger partial charge in [-0.2, -0.15) is 0 Å². The van der Waals surface area contributed by atoms with E-state index < -0.39 is 0 Å². The Morgan fingerprint density at radius 3 is 2.48 bits per heavy atom. The fraction of sp³-hybridized carbons (Fsp3) is 0.312. The van der Waals surface area contributed by atoms with Crippen LogP contribution in [-0.4, -0.2) is 34.4 Å². The molecule has 0 bridgehead atoms. The molecule has 2 rings (SSSR count). The van der Waals surface area contributed by atoms with Crippen LogP contribution in [0.5, 0.6) is 5.75 Å². The van der Waals surface area contributed by atoms with E-state index in [-0.39, 0.29) is 5.91 Å². The highest BCUT2D eigenvalue weighted by molar-refractivity contribution is 5.91. The largest absolute Gasteiger partial charge is 0.494 e. The Kier molecular flexibility index (Phi) is 4.87. The van der Waals surface area contributed by atoms with E-state index in [0.717, 1.165) is 17.0 Å². The molecule has 5 nitrogen and oxygen atoms in total. The Morgan fingerprint density at radius 1 is 1.19 bits per heavy atom. The highest BCUT2D eigenvalue weighted by Crippen LogP contribution is 2.14. The lowest BCUT2D eigenvalue weighted by molar-refractivity contribution is 0.0779. The molecule has 1 aromatic heterocycles. The van der Waals surface area contributed by atoms with Crippen LogP contribution in [-0.2, 0) is 6.54 Å². The molecule has 0 aliphatic carbocycles. The first-order valence-electron chi connectivity index (χ1n) is 6.86. The van der Waals surface area contributed by atoms with Crippen molar-refractivity contribution in [1.82, 2.24) is 14.9 Å². The third-order valence-electron chi connectivity index (χ3n) is 3.00. The number of nitrogens with zero attached hydrogens (tertiary/aromatic N) is 3. The second-order valence-electron chi connectivity index (χ2n) is 4.78. The summed E-state index contributed by atoms with van der Waals surface area (Å²) in [5.41, 5.74) is 2.18. The first kappa shape index (κ1) is 15.0. The van der Waals surface area contributed by atoms with Gasteiger partial charge in [0.1, 0.15) is 11.4 Å². The number of ether oxygens (including phenoxy) is 1. The molecule has 0 unspecified atom stereocenters. The summed E-state index contributed by atoms with van der Waals surface area (Å²) in [6.07, 6.45) is 3.10. The summed E-state index contributed by atoms with van der Waals surface area (Å²) in [4.78, 5) is 22.0. The Hall–Kier alpha value is -2.43. The van der Waals surface area contributed by atoms with Crippen LogP contribution in [0.2, 0.25) is 0 Å². The summed E-state index contributed by atoms with van der Waals surface area (Å²) in [7, 11) is 1.75. The minimum atomic E-state index is -0.142. The maximum absolute atomic E-state index is 12.2. The van der Waals surface area contributed by atoms with Gasteiger partial charge in [0.05, 0.1) is 18.5 Å². The Bertz CT molecular complexity index is 594. The van der Waals surface area contributed by atoms with Crippen LogP contribution >= 0.6 is 0 Å². The van der Waals surface area contributed by atoms with E-state index in [1.54, 1.807) is 18.1 Å². The summed E-state index contributed by atoms with van der Waals surface area (Å²) in [6.45, 7) is 4.94. The molecule has 0 radical (unpaired) electrons. The molecule has 21 heavy (non-hydrogen) atoms. The standard InChI is InChI=1S/C16H19N3O2/c1-4-21-14-7-5-13(6-8-14)11-19(3)16(20)15-10-17-12(2)9-18-15/h5-10H,4,11H2,1-3H3. The summed E-state index contributed by atoms with van der Waals surface area (Å²) in [5.74, 6) is 0.691. The second kappa shape index (κ2) is 6.83. The van der Waals surface area contributed by atoms with Crippen molar-refractivity contribution in [1.29, 1.82) is 0 Å². The first-order chi connectivity index (χ1) is 10.1. The number of rotatable bonds is 5. The van der Waals surface area contributed by atoms with Gasteiger partial charge in [0.15, 0.2) is 0 Å². The Balaban J connectivity index is 2.01. The smallest absolute Gasteiger partial charge is 0.274 e. The van der Waals surface area contributed by atoms with Crippen LogP contribution in [0.3, 0.4) is 0 Å². The predicted octanol–water partition coefficient (Wildman–Crippen LogP) is 2.46. The van der Waals surface area contributed by atoms with Crippen LogP contribution in [0.1, 0.15) is 28.7 Å². The maximum atomic E-state index is 12.2. The summed E-state index contributed by atoms with van der Waals surface area (Å²) < 4.78 is 5.39. The second-order valence-corrected chi connectivity index (χ2v) is 4.78. The van der Waals surface area contributed by atoms with E-state index in [1.165, 1.54) is 6.20 Å². The monoisotopic (exact) mass is 285 g/mol. The van der Waals surface area contributed by atoms with Gasteiger partial charge in [-0.15, -0.1) is 0 Å². The lowest BCUT2D eigenvalue weighted by Gasteiger charge is -2.17. The maximum Gasteiger partial charge on any atom is 0.274 e. The van der Waals surface area contributed by atoms with Gasteiger partial charge in [0.2, 0.25) is 0 Å². The molecule has 0 atom stereocenters. The van der Waals surface area contributed by atoms with Crippen molar-refractivity contribution in [3.05, 3.63) is 53.6 Å². The zero-order chi connectivity index (χ0) is 15.2. The van der Waals surface area contributed by atoms with E-state index in [2.05, 4.69) is 9.97 Å². The van der Waals surface area contributed by atoms with Gasteiger partial charge in [0, 0.05) is 19.8 Å². The van der Waals surface area contributed by atoms with Crippen molar-refractivity contribution < 1.29 is 9.53 Å². The van der Waals surface area contributed by atoms with Gasteiger partial charge in [-0.1, -0.05) is 12.1 Å². The topological polar surface area (TPSA) is 55.3 Å². The lowest BCUT2D eigenvalue weighted by Crippen LogP contribution is -2.27. The van der Waals surface area contributed by atoms with E-state index >= 15 is 0 Å². The predicted molar refractivity (Wildman–Crippen MR) is 80.2 cm³/mol. The number of benzene rings is 1. The molecule has 5 heteroatoms. The number of aryl methyl sites for hydroxylation is 1. The van der Waals surface area contributed by atoms with Gasteiger partial charge in [-0.05, 0) is 31.5 Å². The van der Waals surface area contributed by atoms with Crippen LogP contribution < -0.4 is 4.74 Å². The zero-order valence-corrected chi connectivity index (χ0v) is 12.5. The highest BCUT2D eigenvalue weighted by Gasteiger charge is 2.13. The molecule has 0 N–H and O–H groups in total. The summed E-state index contributed by atoms with van der Waals surface area (Å²) >= 11 is 0. The van der Waals surface area contributed by atoms with E-state index in [0.29, 0.717) is 18.8 Å². The van der Waals surface area contributed by atoms with Crippen molar-refractivity contribution in [2.75, 3.05) is 13.7 Å². The molecule has 1 heterocycles. The van der Waals surface area contributed by atoms with Gasteiger partial charge in [-0.25, -0.2) is 4.98 Å². The Labute approximate surface area is 124 Å². The minimum Gasteiger partial charge on any atom is -0.494 e. The molecule has 1 amide bonds. The van der Waals surface area contributed by atoms with Crippen molar-refractivity contribution in [3.8, 4) is 5.75 Å². The number of amides is 1. The molecule has 0 saturated heterocycles. The van der Waals surface area contributed by atoms with Gasteiger partial charge in [-0.3, -0.25) is 9.78 Å². The Morgan fingerprint density at radius 2 is 1.90 bits per heavy atom. The first-order valence-corrected chi connectivity index (χ1v) is 6.86. The van der Waals surface area contributed by atoms with Crippen molar-refractivity contribution in [3.63, 3.8) is 0 Å². The molecule has 110 valence electrons. The van der Waals surface area contributed by atoms with E-state index in [4.69, 9.17) is 4.74 Å². The highest BCUT2D eigenvalue weighted by atomic mass is 16.5. The number of aromatic nitrogens is 2. The summed E-state index contributed by atoms with van der Waals surface area (Å²) in [6, 6.07) is 7.72. The van der Waals surface area contributed by atoms with Crippen molar-refractivity contribution in [2.45, 2.75) is 20.4 Å². The molecule has 0 spiro atoms. The van der Waals surface area contributed by atoms with Crippen molar-refractivity contribution in [2.24, 2.45) is 0 Å². The number of hydrogen-bond acceptors (Lipinski definition) is 4. The quantitative estimate of drug-likeness (QED) is 0.846. The normalized spacial score (nSPS) is 10.2. The average molecular weight is 285 g/mol. The molecule has 0 aliphatic rings. The van der Waals surface area contributed by atoms with Crippen LogP contribution in [0, 0.1) is 6.92 Å². The van der Waals surface area contributed by atoms with Gasteiger partial charge < -0.3 is 9.64 Å². The van der Waals surface area contributed by atoms with Gasteiger partial charge >= 0.3 is 0 Å². The van der Waals surface area contributed by atoms with E-state index in [9.17, 15) is 4.79 Å². The number of hydrogen-bond donors (Lipinski definition) is 0.